The Morgan fingerprint density at radius 1 is 1.18 bits per heavy atom. The van der Waals surface area contributed by atoms with Crippen LogP contribution in [0.5, 0.6) is 0 Å². The lowest BCUT2D eigenvalue weighted by Gasteiger charge is -2.35. The standard InChI is InChI=1S/C27H30ClFN4O5S/c1-16-5-8-19(9-6-16)39(36,37)12-11-18-14-32(26(35)38-27(2,3)4)15-22-23(25(30)34)24(31-33(18)22)17-7-10-21(29)20(28)13-17/h5-10,13,18H,11-12,14-15H2,1-4H3,(H2,30,34). The van der Waals surface area contributed by atoms with Gasteiger partial charge in [-0.1, -0.05) is 29.3 Å². The van der Waals surface area contributed by atoms with E-state index in [1.807, 2.05) is 6.92 Å². The van der Waals surface area contributed by atoms with Crippen LogP contribution in [0.25, 0.3) is 11.3 Å². The van der Waals surface area contributed by atoms with Crippen molar-refractivity contribution in [2.75, 3.05) is 12.3 Å². The molecule has 12 heteroatoms. The number of carbonyl (C=O) groups excluding carboxylic acids is 2. The highest BCUT2D eigenvalue weighted by molar-refractivity contribution is 7.91. The molecule has 39 heavy (non-hydrogen) atoms. The van der Waals surface area contributed by atoms with E-state index < -0.39 is 39.3 Å². The van der Waals surface area contributed by atoms with Gasteiger partial charge in [0.1, 0.15) is 17.1 Å². The van der Waals surface area contributed by atoms with Crippen LogP contribution in [0.4, 0.5) is 9.18 Å². The normalized spacial score (nSPS) is 15.6. The molecule has 1 unspecified atom stereocenters. The molecule has 0 radical (unpaired) electrons. The first-order valence-electron chi connectivity index (χ1n) is 12.3. The SMILES string of the molecule is Cc1ccc(S(=O)(=O)CCC2CN(C(=O)OC(C)(C)C)Cc3c(C(N)=O)c(-c4ccc(F)c(Cl)c4)nn32)cc1. The molecule has 2 amide bonds. The van der Waals surface area contributed by atoms with Gasteiger partial charge in [-0.3, -0.25) is 9.48 Å². The van der Waals surface area contributed by atoms with E-state index in [9.17, 15) is 22.4 Å². The number of primary amides is 1. The van der Waals surface area contributed by atoms with E-state index in [0.29, 0.717) is 11.3 Å². The number of carbonyl (C=O) groups is 2. The van der Waals surface area contributed by atoms with Gasteiger partial charge in [-0.2, -0.15) is 5.10 Å². The molecule has 1 aliphatic rings. The number of nitrogens with two attached hydrogens (primary N) is 1. The highest BCUT2D eigenvalue weighted by Gasteiger charge is 2.37. The van der Waals surface area contributed by atoms with Crippen molar-refractivity contribution >= 4 is 33.4 Å². The first kappa shape index (κ1) is 28.6. The molecule has 2 heterocycles. The summed E-state index contributed by atoms with van der Waals surface area (Å²) >= 11 is 5.98. The minimum atomic E-state index is -3.65. The first-order valence-corrected chi connectivity index (χ1v) is 14.3. The van der Waals surface area contributed by atoms with Crippen molar-refractivity contribution in [3.05, 3.63) is 70.1 Å². The van der Waals surface area contributed by atoms with Gasteiger partial charge in [0.05, 0.1) is 39.5 Å². The second-order valence-electron chi connectivity index (χ2n) is 10.5. The van der Waals surface area contributed by atoms with Gasteiger partial charge in [-0.05, 0) is 64.4 Å². The minimum absolute atomic E-state index is 0.0392. The van der Waals surface area contributed by atoms with E-state index in [2.05, 4.69) is 5.10 Å². The molecule has 4 rings (SSSR count). The van der Waals surface area contributed by atoms with Gasteiger partial charge in [0.15, 0.2) is 9.84 Å². The number of halogens is 2. The Morgan fingerprint density at radius 3 is 2.44 bits per heavy atom. The van der Waals surface area contributed by atoms with Crippen molar-refractivity contribution in [1.82, 2.24) is 14.7 Å². The fraction of sp³-hybridized carbons (Fsp3) is 0.370. The molecule has 0 bridgehead atoms. The number of hydrogen-bond acceptors (Lipinski definition) is 6. The second kappa shape index (κ2) is 10.6. The van der Waals surface area contributed by atoms with Crippen molar-refractivity contribution < 1.29 is 27.1 Å². The van der Waals surface area contributed by atoms with Crippen molar-refractivity contribution in [2.45, 2.75) is 57.2 Å². The summed E-state index contributed by atoms with van der Waals surface area (Å²) in [5.41, 5.74) is 6.80. The van der Waals surface area contributed by atoms with Crippen LogP contribution in [-0.4, -0.2) is 53.0 Å². The van der Waals surface area contributed by atoms with Gasteiger partial charge in [-0.15, -0.1) is 0 Å². The number of nitrogens with zero attached hydrogens (tertiary/aromatic N) is 3. The Balaban J connectivity index is 1.76. The minimum Gasteiger partial charge on any atom is -0.444 e. The summed E-state index contributed by atoms with van der Waals surface area (Å²) in [4.78, 5) is 27.3. The molecule has 0 fully saturated rings. The molecule has 2 N–H and O–H groups in total. The third kappa shape index (κ3) is 6.25. The maximum atomic E-state index is 13.8. The molecule has 1 atom stereocenters. The summed E-state index contributed by atoms with van der Waals surface area (Å²) in [6.07, 6.45) is -0.533. The van der Waals surface area contributed by atoms with Crippen LogP contribution < -0.4 is 5.73 Å². The van der Waals surface area contributed by atoms with Crippen LogP contribution in [0.2, 0.25) is 5.02 Å². The van der Waals surface area contributed by atoms with E-state index >= 15 is 0 Å². The molecular weight excluding hydrogens is 547 g/mol. The van der Waals surface area contributed by atoms with Gasteiger partial charge in [-0.25, -0.2) is 17.6 Å². The van der Waals surface area contributed by atoms with Crippen LogP contribution in [0.15, 0.2) is 47.4 Å². The Hall–Kier alpha value is -3.44. The molecule has 1 aliphatic heterocycles. The molecule has 9 nitrogen and oxygen atoms in total. The van der Waals surface area contributed by atoms with Crippen molar-refractivity contribution in [2.24, 2.45) is 5.73 Å². The van der Waals surface area contributed by atoms with E-state index in [4.69, 9.17) is 22.1 Å². The number of fused-ring (bicyclic) bond motifs is 1. The predicted molar refractivity (Wildman–Crippen MR) is 145 cm³/mol. The highest BCUT2D eigenvalue weighted by Crippen LogP contribution is 2.35. The van der Waals surface area contributed by atoms with Crippen LogP contribution in [0.1, 0.15) is 54.8 Å². The fourth-order valence-corrected chi connectivity index (χ4v) is 5.99. The Kier molecular flexibility index (Phi) is 7.77. The lowest BCUT2D eigenvalue weighted by Crippen LogP contribution is -2.44. The molecule has 0 spiro atoms. The number of amides is 2. The third-order valence-corrected chi connectivity index (χ3v) is 8.37. The average Bonchev–Trinajstić information content (AvgIpc) is 3.23. The van der Waals surface area contributed by atoms with Gasteiger partial charge < -0.3 is 15.4 Å². The van der Waals surface area contributed by atoms with Gasteiger partial charge in [0.2, 0.25) is 0 Å². The summed E-state index contributed by atoms with van der Waals surface area (Å²) in [6.45, 7) is 7.11. The number of aromatic nitrogens is 2. The number of aryl methyl sites for hydroxylation is 1. The number of hydrogen-bond donors (Lipinski definition) is 1. The summed E-state index contributed by atoms with van der Waals surface area (Å²) in [6, 6.07) is 9.85. The smallest absolute Gasteiger partial charge is 0.410 e. The summed E-state index contributed by atoms with van der Waals surface area (Å²) in [7, 11) is -3.65. The van der Waals surface area contributed by atoms with Crippen molar-refractivity contribution in [3.63, 3.8) is 0 Å². The molecule has 208 valence electrons. The second-order valence-corrected chi connectivity index (χ2v) is 13.1. The fourth-order valence-electron chi connectivity index (χ4n) is 4.44. The number of ether oxygens (including phenoxy) is 1. The zero-order valence-electron chi connectivity index (χ0n) is 22.1. The van der Waals surface area contributed by atoms with Crippen molar-refractivity contribution in [1.29, 1.82) is 0 Å². The molecular formula is C27H30ClFN4O5S. The molecule has 0 aliphatic carbocycles. The van der Waals surface area contributed by atoms with Gasteiger partial charge in [0.25, 0.3) is 5.91 Å². The van der Waals surface area contributed by atoms with Crippen LogP contribution in [0, 0.1) is 12.7 Å². The summed E-state index contributed by atoms with van der Waals surface area (Å²) < 4.78 is 47.2. The van der Waals surface area contributed by atoms with Gasteiger partial charge in [0, 0.05) is 12.1 Å². The van der Waals surface area contributed by atoms with E-state index in [1.165, 1.54) is 21.7 Å². The van der Waals surface area contributed by atoms with E-state index in [-0.39, 0.29) is 46.4 Å². The molecule has 2 aromatic carbocycles. The molecule has 0 saturated carbocycles. The Bertz CT molecular complexity index is 1530. The summed E-state index contributed by atoms with van der Waals surface area (Å²) in [5.74, 6) is -1.67. The number of sulfone groups is 1. The monoisotopic (exact) mass is 576 g/mol. The maximum Gasteiger partial charge on any atom is 0.410 e. The van der Waals surface area contributed by atoms with Crippen molar-refractivity contribution in [3.8, 4) is 11.3 Å². The van der Waals surface area contributed by atoms with E-state index in [1.54, 1.807) is 45.0 Å². The van der Waals surface area contributed by atoms with E-state index in [0.717, 1.165) is 11.6 Å². The molecule has 0 saturated heterocycles. The first-order chi connectivity index (χ1) is 18.2. The predicted octanol–water partition coefficient (Wildman–Crippen LogP) is 4.91. The van der Waals surface area contributed by atoms with Crippen LogP contribution in [-0.2, 0) is 21.1 Å². The Morgan fingerprint density at radius 2 is 1.85 bits per heavy atom. The average molecular weight is 577 g/mol. The lowest BCUT2D eigenvalue weighted by molar-refractivity contribution is 0.0156. The quantitative estimate of drug-likeness (QED) is 0.445. The zero-order chi connectivity index (χ0) is 28.7. The molecule has 1 aromatic heterocycles. The van der Waals surface area contributed by atoms with Crippen LogP contribution >= 0.6 is 11.6 Å². The maximum absolute atomic E-state index is 13.8. The zero-order valence-corrected chi connectivity index (χ0v) is 23.6. The lowest BCUT2D eigenvalue weighted by atomic mass is 10.0. The van der Waals surface area contributed by atoms with Gasteiger partial charge >= 0.3 is 6.09 Å². The van der Waals surface area contributed by atoms with Crippen LogP contribution in [0.3, 0.4) is 0 Å². The molecule has 3 aromatic rings. The Labute approximate surface area is 231 Å². The third-order valence-electron chi connectivity index (χ3n) is 6.32. The number of benzene rings is 2. The summed E-state index contributed by atoms with van der Waals surface area (Å²) in [5, 5.41) is 4.45. The highest BCUT2D eigenvalue weighted by atomic mass is 35.5. The number of rotatable bonds is 6. The topological polar surface area (TPSA) is 125 Å². The largest absolute Gasteiger partial charge is 0.444 e.